The fourth-order valence-corrected chi connectivity index (χ4v) is 1.90. The summed E-state index contributed by atoms with van der Waals surface area (Å²) in [5.41, 5.74) is 0.840. The Hall–Kier alpha value is -1.76. The van der Waals surface area contributed by atoms with E-state index in [-0.39, 0.29) is 24.0 Å². The standard InChI is InChI=1S/C13H16FNO4S/c1-9-2-3-10(14)11(6-9)19-7-12(16)15-4-5-20-8-13(17)18/h2-3,6H,4-5,7-8H2,1H3,(H,15,16)(H,17,18). The summed E-state index contributed by atoms with van der Waals surface area (Å²) in [6.45, 7) is 1.87. The molecule has 1 aromatic carbocycles. The largest absolute Gasteiger partial charge is 0.481 e. The summed E-state index contributed by atoms with van der Waals surface area (Å²) in [6.07, 6.45) is 0. The van der Waals surface area contributed by atoms with Gasteiger partial charge in [0, 0.05) is 12.3 Å². The van der Waals surface area contributed by atoms with Crippen molar-refractivity contribution in [1.29, 1.82) is 0 Å². The first kappa shape index (κ1) is 16.3. The average molecular weight is 301 g/mol. The Kier molecular flexibility index (Phi) is 6.86. The van der Waals surface area contributed by atoms with Gasteiger partial charge < -0.3 is 15.2 Å². The van der Waals surface area contributed by atoms with Gasteiger partial charge in [0.05, 0.1) is 5.75 Å². The third kappa shape index (κ3) is 6.42. The van der Waals surface area contributed by atoms with E-state index in [1.54, 1.807) is 13.0 Å². The molecular weight excluding hydrogens is 285 g/mol. The first-order valence-electron chi connectivity index (χ1n) is 5.94. The number of carboxylic acids is 1. The van der Waals surface area contributed by atoms with E-state index in [9.17, 15) is 14.0 Å². The molecule has 0 saturated carbocycles. The summed E-state index contributed by atoms with van der Waals surface area (Å²) in [7, 11) is 0. The maximum absolute atomic E-state index is 13.3. The Morgan fingerprint density at radius 3 is 2.90 bits per heavy atom. The van der Waals surface area contributed by atoms with Crippen LogP contribution < -0.4 is 10.1 Å². The van der Waals surface area contributed by atoms with Gasteiger partial charge in [-0.2, -0.15) is 0 Å². The SMILES string of the molecule is Cc1ccc(F)c(OCC(=O)NCCSCC(=O)O)c1. The molecule has 0 atom stereocenters. The van der Waals surface area contributed by atoms with Gasteiger partial charge >= 0.3 is 5.97 Å². The van der Waals surface area contributed by atoms with E-state index in [1.165, 1.54) is 23.9 Å². The van der Waals surface area contributed by atoms with Crippen LogP contribution in [0.15, 0.2) is 18.2 Å². The Labute approximate surface area is 120 Å². The van der Waals surface area contributed by atoms with E-state index < -0.39 is 11.8 Å². The van der Waals surface area contributed by atoms with Crippen molar-refractivity contribution < 1.29 is 23.8 Å². The van der Waals surface area contributed by atoms with E-state index in [0.717, 1.165) is 5.56 Å². The highest BCUT2D eigenvalue weighted by atomic mass is 32.2. The van der Waals surface area contributed by atoms with Gasteiger partial charge in [-0.15, -0.1) is 11.8 Å². The Balaban J connectivity index is 2.23. The molecule has 1 amide bonds. The number of hydrogen-bond donors (Lipinski definition) is 2. The number of thioether (sulfide) groups is 1. The van der Waals surface area contributed by atoms with Gasteiger partial charge in [-0.3, -0.25) is 9.59 Å². The number of amides is 1. The highest BCUT2D eigenvalue weighted by Crippen LogP contribution is 2.17. The van der Waals surface area contributed by atoms with E-state index in [0.29, 0.717) is 12.3 Å². The summed E-state index contributed by atoms with van der Waals surface area (Å²) >= 11 is 1.21. The lowest BCUT2D eigenvalue weighted by molar-refractivity contribution is -0.133. The maximum Gasteiger partial charge on any atom is 0.313 e. The quantitative estimate of drug-likeness (QED) is 0.711. The monoisotopic (exact) mass is 301 g/mol. The fourth-order valence-electron chi connectivity index (χ4n) is 1.34. The van der Waals surface area contributed by atoms with Gasteiger partial charge in [-0.05, 0) is 24.6 Å². The molecule has 0 unspecified atom stereocenters. The third-order valence-corrected chi connectivity index (χ3v) is 3.18. The van der Waals surface area contributed by atoms with Crippen molar-refractivity contribution in [3.63, 3.8) is 0 Å². The van der Waals surface area contributed by atoms with E-state index in [1.807, 2.05) is 0 Å². The highest BCUT2D eigenvalue weighted by molar-refractivity contribution is 7.99. The maximum atomic E-state index is 13.3. The second-order valence-corrected chi connectivity index (χ2v) is 5.12. The smallest absolute Gasteiger partial charge is 0.313 e. The molecule has 1 rings (SSSR count). The second kappa shape index (κ2) is 8.42. The van der Waals surface area contributed by atoms with Crippen LogP contribution in [0.1, 0.15) is 5.56 Å². The molecule has 0 aliphatic carbocycles. The number of rotatable bonds is 8. The first-order chi connectivity index (χ1) is 9.49. The zero-order valence-corrected chi connectivity index (χ0v) is 11.8. The average Bonchev–Trinajstić information content (AvgIpc) is 2.39. The lowest BCUT2D eigenvalue weighted by Gasteiger charge is -2.08. The molecule has 0 bridgehead atoms. The summed E-state index contributed by atoms with van der Waals surface area (Å²) in [4.78, 5) is 21.7. The van der Waals surface area contributed by atoms with Crippen LogP contribution in [-0.2, 0) is 9.59 Å². The van der Waals surface area contributed by atoms with Crippen LogP contribution in [0.2, 0.25) is 0 Å². The van der Waals surface area contributed by atoms with Gasteiger partial charge in [-0.25, -0.2) is 4.39 Å². The minimum absolute atomic E-state index is 0.000867. The molecule has 1 aromatic rings. The topological polar surface area (TPSA) is 75.6 Å². The molecule has 0 radical (unpaired) electrons. The minimum Gasteiger partial charge on any atom is -0.481 e. The lowest BCUT2D eigenvalue weighted by Crippen LogP contribution is -2.30. The van der Waals surface area contributed by atoms with Crippen LogP contribution in [0.3, 0.4) is 0 Å². The molecule has 20 heavy (non-hydrogen) atoms. The Morgan fingerprint density at radius 2 is 2.20 bits per heavy atom. The van der Waals surface area contributed by atoms with Gasteiger partial charge in [0.15, 0.2) is 18.2 Å². The molecule has 7 heteroatoms. The fraction of sp³-hybridized carbons (Fsp3) is 0.385. The number of halogens is 1. The molecule has 0 aromatic heterocycles. The summed E-state index contributed by atoms with van der Waals surface area (Å²) in [5.74, 6) is -1.24. The number of aryl methyl sites for hydroxylation is 1. The number of hydrogen-bond acceptors (Lipinski definition) is 4. The molecule has 0 saturated heterocycles. The number of carbonyl (C=O) groups excluding carboxylic acids is 1. The van der Waals surface area contributed by atoms with Crippen molar-refractivity contribution in [2.75, 3.05) is 24.7 Å². The van der Waals surface area contributed by atoms with Crippen LogP contribution in [0.4, 0.5) is 4.39 Å². The summed E-state index contributed by atoms with van der Waals surface area (Å²) in [6, 6.07) is 4.42. The zero-order chi connectivity index (χ0) is 15.0. The van der Waals surface area contributed by atoms with Crippen LogP contribution in [-0.4, -0.2) is 41.6 Å². The number of ether oxygens (including phenoxy) is 1. The van der Waals surface area contributed by atoms with Crippen LogP contribution in [0.25, 0.3) is 0 Å². The first-order valence-corrected chi connectivity index (χ1v) is 7.09. The Morgan fingerprint density at radius 1 is 1.45 bits per heavy atom. The predicted octanol–water partition coefficient (Wildman–Crippen LogP) is 1.45. The molecular formula is C13H16FNO4S. The molecule has 0 heterocycles. The third-order valence-electron chi connectivity index (χ3n) is 2.24. The van der Waals surface area contributed by atoms with E-state index in [2.05, 4.69) is 5.32 Å². The molecule has 2 N–H and O–H groups in total. The van der Waals surface area contributed by atoms with E-state index >= 15 is 0 Å². The van der Waals surface area contributed by atoms with Crippen LogP contribution in [0.5, 0.6) is 5.75 Å². The molecule has 110 valence electrons. The normalized spacial score (nSPS) is 10.1. The predicted molar refractivity (Wildman–Crippen MR) is 74.6 cm³/mol. The molecule has 0 aliphatic heterocycles. The van der Waals surface area contributed by atoms with Gasteiger partial charge in [0.1, 0.15) is 0 Å². The van der Waals surface area contributed by atoms with Crippen molar-refractivity contribution in [2.45, 2.75) is 6.92 Å². The van der Waals surface area contributed by atoms with Gasteiger partial charge in [0.2, 0.25) is 0 Å². The summed E-state index contributed by atoms with van der Waals surface area (Å²) < 4.78 is 18.4. The molecule has 5 nitrogen and oxygen atoms in total. The van der Waals surface area contributed by atoms with E-state index in [4.69, 9.17) is 9.84 Å². The highest BCUT2D eigenvalue weighted by Gasteiger charge is 2.07. The van der Waals surface area contributed by atoms with Crippen molar-refractivity contribution in [3.8, 4) is 5.75 Å². The van der Waals surface area contributed by atoms with Gasteiger partial charge in [-0.1, -0.05) is 6.07 Å². The Bertz CT molecular complexity index is 481. The van der Waals surface area contributed by atoms with Gasteiger partial charge in [0.25, 0.3) is 5.91 Å². The number of benzene rings is 1. The number of nitrogens with one attached hydrogen (secondary N) is 1. The number of carbonyl (C=O) groups is 2. The summed E-state index contributed by atoms with van der Waals surface area (Å²) in [5, 5.41) is 11.0. The zero-order valence-electron chi connectivity index (χ0n) is 11.0. The van der Waals surface area contributed by atoms with Crippen molar-refractivity contribution in [2.24, 2.45) is 0 Å². The number of aliphatic carboxylic acids is 1. The molecule has 0 aliphatic rings. The molecule has 0 fully saturated rings. The van der Waals surface area contributed by atoms with Crippen molar-refractivity contribution in [1.82, 2.24) is 5.32 Å². The molecule has 0 spiro atoms. The van der Waals surface area contributed by atoms with Crippen LogP contribution in [0, 0.1) is 12.7 Å². The number of carboxylic acid groups (broad SMARTS) is 1. The second-order valence-electron chi connectivity index (χ2n) is 4.02. The van der Waals surface area contributed by atoms with Crippen molar-refractivity contribution in [3.05, 3.63) is 29.6 Å². The van der Waals surface area contributed by atoms with Crippen molar-refractivity contribution >= 4 is 23.6 Å². The van der Waals surface area contributed by atoms with Crippen LogP contribution >= 0.6 is 11.8 Å². The minimum atomic E-state index is -0.889. The lowest BCUT2D eigenvalue weighted by atomic mass is 10.2.